The highest BCUT2D eigenvalue weighted by Gasteiger charge is 2.26. The van der Waals surface area contributed by atoms with Gasteiger partial charge in [-0.05, 0) is 97.6 Å². The monoisotopic (exact) mass is 818 g/mol. The number of ether oxygens (including phenoxy) is 4. The van der Waals surface area contributed by atoms with E-state index >= 15 is 0 Å². The number of Topliss-reactive ketones (excluding diaryl/α,β-unsaturated/α-hetero) is 2. The molecule has 0 heterocycles. The van der Waals surface area contributed by atoms with E-state index in [2.05, 4.69) is 39.5 Å². The molecule has 0 saturated carbocycles. The van der Waals surface area contributed by atoms with Crippen LogP contribution in [0.2, 0.25) is 0 Å². The quantitative estimate of drug-likeness (QED) is 0.0749. The highest BCUT2D eigenvalue weighted by molar-refractivity contribution is 5.82. The van der Waals surface area contributed by atoms with E-state index in [1.165, 1.54) is 0 Å². The van der Waals surface area contributed by atoms with Crippen molar-refractivity contribution in [2.24, 2.45) is 17.3 Å². The summed E-state index contributed by atoms with van der Waals surface area (Å²) in [6.07, 6.45) is 1.71. The second-order valence-electron chi connectivity index (χ2n) is 20.4. The molecule has 0 radical (unpaired) electrons. The Kier molecular flexibility index (Phi) is 22.0. The molecular formula is C46H79N3O9. The molecule has 0 unspecified atom stereocenters. The number of rotatable bonds is 25. The average molecular weight is 818 g/mol. The lowest BCUT2D eigenvalue weighted by Crippen LogP contribution is -2.47. The molecule has 0 spiro atoms. The van der Waals surface area contributed by atoms with Gasteiger partial charge in [0.2, 0.25) is 0 Å². The summed E-state index contributed by atoms with van der Waals surface area (Å²) in [4.78, 5) is 70.5. The zero-order chi connectivity index (χ0) is 44.5. The predicted molar refractivity (Wildman–Crippen MR) is 229 cm³/mol. The van der Waals surface area contributed by atoms with Gasteiger partial charge in [-0.25, -0.2) is 0 Å². The molecule has 0 aromatic heterocycles. The van der Waals surface area contributed by atoms with Gasteiger partial charge in [-0.15, -0.1) is 0 Å². The first kappa shape index (κ1) is 52.8. The van der Waals surface area contributed by atoms with Crippen LogP contribution >= 0.6 is 0 Å². The highest BCUT2D eigenvalue weighted by Crippen LogP contribution is 2.17. The van der Waals surface area contributed by atoms with E-state index in [9.17, 15) is 24.0 Å². The summed E-state index contributed by atoms with van der Waals surface area (Å²) in [5, 5.41) is 0. The van der Waals surface area contributed by atoms with Crippen LogP contribution < -0.4 is 0 Å². The lowest BCUT2D eigenvalue weighted by molar-refractivity contribution is -0.160. The second-order valence-corrected chi connectivity index (χ2v) is 20.4. The molecule has 0 aliphatic heterocycles. The zero-order valence-electron chi connectivity index (χ0n) is 38.9. The van der Waals surface area contributed by atoms with Gasteiger partial charge in [-0.2, -0.15) is 0 Å². The summed E-state index contributed by atoms with van der Waals surface area (Å²) >= 11 is 0. The third kappa shape index (κ3) is 27.5. The number of nitrogens with zero attached hydrogens (tertiary/aromatic N) is 3. The van der Waals surface area contributed by atoms with Crippen molar-refractivity contribution in [3.8, 4) is 0 Å². The van der Waals surface area contributed by atoms with Crippen LogP contribution in [0.3, 0.4) is 0 Å². The lowest BCUT2D eigenvalue weighted by Gasteiger charge is -2.33. The number of hydrogen-bond donors (Lipinski definition) is 0. The smallest absolute Gasteiger partial charge is 0.320 e. The van der Waals surface area contributed by atoms with Crippen molar-refractivity contribution in [2.45, 2.75) is 147 Å². The first-order valence-electron chi connectivity index (χ1n) is 21.0. The van der Waals surface area contributed by atoms with Crippen molar-refractivity contribution in [1.29, 1.82) is 0 Å². The number of benzene rings is 1. The standard InChI is InChI=1S/C46H79N3O9/c1-34(2)26-35(3)39(51)32-55-31-37-18-16-36(17-19-37)20-21-38(50)27-47(23-25-49(33-43(4,5)6)30-42(54)58-46(13,14)15)22-24-48(28-40(52)56-44(7,8)9)29-41(53)57-45(10,11)12/h16-19,34-35H,20-33H2,1-15H3/t35-/m1/s1. The molecule has 1 aromatic rings. The molecule has 1 atom stereocenters. The molecule has 0 aliphatic rings. The van der Waals surface area contributed by atoms with E-state index < -0.39 is 28.7 Å². The maximum Gasteiger partial charge on any atom is 0.320 e. The zero-order valence-corrected chi connectivity index (χ0v) is 38.9. The number of carbonyl (C=O) groups excluding carboxylic acids is 5. The number of aryl methyl sites for hydroxylation is 1. The minimum atomic E-state index is -0.696. The highest BCUT2D eigenvalue weighted by atomic mass is 16.6. The van der Waals surface area contributed by atoms with Gasteiger partial charge in [0.1, 0.15) is 29.2 Å². The maximum atomic E-state index is 13.6. The lowest BCUT2D eigenvalue weighted by atomic mass is 9.95. The molecule has 1 rings (SSSR count). The Bertz CT molecular complexity index is 1400. The average Bonchev–Trinajstić information content (AvgIpc) is 3.01. The van der Waals surface area contributed by atoms with Crippen LogP contribution in [0.1, 0.15) is 128 Å². The van der Waals surface area contributed by atoms with Crippen LogP contribution in [0.25, 0.3) is 0 Å². The second kappa shape index (κ2) is 24.2. The SMILES string of the molecule is CC(C)C[C@@H](C)C(=O)COCc1ccc(CCC(=O)CN(CCN(CC(=O)OC(C)(C)C)CC(=O)OC(C)(C)C)CCN(CC(=O)OC(C)(C)C)CC(C)(C)C)cc1. The molecule has 12 heteroatoms. The minimum Gasteiger partial charge on any atom is -0.459 e. The number of ketones is 2. The predicted octanol–water partition coefficient (Wildman–Crippen LogP) is 6.93. The normalized spacial score (nSPS) is 13.3. The summed E-state index contributed by atoms with van der Waals surface area (Å²) in [5.74, 6) is -0.655. The molecule has 0 saturated heterocycles. The van der Waals surface area contributed by atoms with Crippen LogP contribution in [-0.2, 0) is 55.9 Å². The molecule has 0 amide bonds. The topological polar surface area (TPSA) is 132 Å². The van der Waals surface area contributed by atoms with E-state index in [4.69, 9.17) is 18.9 Å². The Morgan fingerprint density at radius 1 is 0.569 bits per heavy atom. The van der Waals surface area contributed by atoms with Crippen LogP contribution in [-0.4, -0.2) is 126 Å². The Labute approximate surface area is 351 Å². The molecule has 0 bridgehead atoms. The minimum absolute atomic E-state index is 0.0242. The molecule has 332 valence electrons. The van der Waals surface area contributed by atoms with E-state index in [0.29, 0.717) is 58.1 Å². The fourth-order valence-corrected chi connectivity index (χ4v) is 6.27. The maximum absolute atomic E-state index is 13.6. The van der Waals surface area contributed by atoms with Crippen molar-refractivity contribution in [2.75, 3.05) is 65.5 Å². The summed E-state index contributed by atoms with van der Waals surface area (Å²) in [7, 11) is 0. The van der Waals surface area contributed by atoms with Crippen molar-refractivity contribution >= 4 is 29.5 Å². The van der Waals surface area contributed by atoms with Gasteiger partial charge >= 0.3 is 17.9 Å². The Hall–Kier alpha value is -3.19. The first-order valence-corrected chi connectivity index (χ1v) is 21.0. The van der Waals surface area contributed by atoms with Gasteiger partial charge in [0, 0.05) is 45.1 Å². The van der Waals surface area contributed by atoms with Crippen LogP contribution in [0.4, 0.5) is 0 Å². The summed E-state index contributed by atoms with van der Waals surface area (Å²) in [6.45, 7) is 31.5. The number of esters is 3. The fraction of sp³-hybridized carbons (Fsp3) is 0.761. The summed E-state index contributed by atoms with van der Waals surface area (Å²) in [6, 6.07) is 7.90. The van der Waals surface area contributed by atoms with Gasteiger partial charge in [0.05, 0.1) is 32.8 Å². The number of carbonyl (C=O) groups is 5. The van der Waals surface area contributed by atoms with Gasteiger partial charge < -0.3 is 18.9 Å². The van der Waals surface area contributed by atoms with Crippen LogP contribution in [0.15, 0.2) is 24.3 Å². The van der Waals surface area contributed by atoms with Gasteiger partial charge in [0.15, 0.2) is 5.78 Å². The number of hydrogen-bond acceptors (Lipinski definition) is 12. The van der Waals surface area contributed by atoms with E-state index in [-0.39, 0.29) is 61.7 Å². The Morgan fingerprint density at radius 2 is 0.983 bits per heavy atom. The van der Waals surface area contributed by atoms with Crippen molar-refractivity contribution in [3.63, 3.8) is 0 Å². The van der Waals surface area contributed by atoms with Crippen molar-refractivity contribution in [3.05, 3.63) is 35.4 Å². The molecule has 1 aromatic carbocycles. The Morgan fingerprint density at radius 3 is 1.41 bits per heavy atom. The summed E-state index contributed by atoms with van der Waals surface area (Å²) < 4.78 is 22.5. The van der Waals surface area contributed by atoms with Crippen LogP contribution in [0.5, 0.6) is 0 Å². The molecule has 0 N–H and O–H groups in total. The third-order valence-electron chi connectivity index (χ3n) is 8.48. The fourth-order valence-electron chi connectivity index (χ4n) is 6.27. The largest absolute Gasteiger partial charge is 0.459 e. The third-order valence-corrected chi connectivity index (χ3v) is 8.48. The molecule has 12 nitrogen and oxygen atoms in total. The van der Waals surface area contributed by atoms with E-state index in [1.54, 1.807) is 46.4 Å². The van der Waals surface area contributed by atoms with Crippen molar-refractivity contribution in [1.82, 2.24) is 14.7 Å². The molecule has 58 heavy (non-hydrogen) atoms. The van der Waals surface area contributed by atoms with Crippen molar-refractivity contribution < 1.29 is 42.9 Å². The van der Waals surface area contributed by atoms with Crippen LogP contribution in [0, 0.1) is 17.3 Å². The molecule has 0 aliphatic carbocycles. The van der Waals surface area contributed by atoms with E-state index in [1.807, 2.05) is 56.9 Å². The molecular weight excluding hydrogens is 739 g/mol. The van der Waals surface area contributed by atoms with Gasteiger partial charge in [-0.3, -0.25) is 38.7 Å². The Balaban J connectivity index is 3.13. The van der Waals surface area contributed by atoms with Gasteiger partial charge in [0.25, 0.3) is 0 Å². The molecule has 0 fully saturated rings. The van der Waals surface area contributed by atoms with E-state index in [0.717, 1.165) is 17.5 Å². The first-order chi connectivity index (χ1) is 26.5. The van der Waals surface area contributed by atoms with Gasteiger partial charge in [-0.1, -0.05) is 65.8 Å². The summed E-state index contributed by atoms with van der Waals surface area (Å²) in [5.41, 5.74) is -0.143.